The Labute approximate surface area is 96.7 Å². The monoisotopic (exact) mass is 224 g/mol. The van der Waals surface area contributed by atoms with Gasteiger partial charge in [-0.3, -0.25) is 5.32 Å². The lowest BCUT2D eigenvalue weighted by molar-refractivity contribution is 0.165. The highest BCUT2D eigenvalue weighted by atomic mass is 16.5. The van der Waals surface area contributed by atoms with Crippen molar-refractivity contribution in [3.05, 3.63) is 18.2 Å². The van der Waals surface area contributed by atoms with Gasteiger partial charge in [0.25, 0.3) is 0 Å². The second-order valence-electron chi connectivity index (χ2n) is 3.99. The number of nitrogens with two attached hydrogens (primary N) is 1. The SMILES string of the molecule is COc1ccc(N)cc1OC(C)NC(C)C. The van der Waals surface area contributed by atoms with Crippen molar-refractivity contribution in [2.75, 3.05) is 12.8 Å². The molecule has 0 bridgehead atoms. The Kier molecular flexibility index (Phi) is 4.43. The summed E-state index contributed by atoms with van der Waals surface area (Å²) < 4.78 is 10.9. The summed E-state index contributed by atoms with van der Waals surface area (Å²) in [6, 6.07) is 5.71. The van der Waals surface area contributed by atoms with Gasteiger partial charge in [-0.15, -0.1) is 0 Å². The minimum Gasteiger partial charge on any atom is -0.493 e. The van der Waals surface area contributed by atoms with E-state index in [-0.39, 0.29) is 6.23 Å². The van der Waals surface area contributed by atoms with Gasteiger partial charge in [-0.25, -0.2) is 0 Å². The van der Waals surface area contributed by atoms with E-state index in [9.17, 15) is 0 Å². The van der Waals surface area contributed by atoms with Gasteiger partial charge < -0.3 is 15.2 Å². The molecule has 0 heterocycles. The van der Waals surface area contributed by atoms with E-state index >= 15 is 0 Å². The molecule has 0 saturated carbocycles. The van der Waals surface area contributed by atoms with Crippen molar-refractivity contribution < 1.29 is 9.47 Å². The second-order valence-corrected chi connectivity index (χ2v) is 3.99. The van der Waals surface area contributed by atoms with E-state index in [4.69, 9.17) is 15.2 Å². The number of benzene rings is 1. The average Bonchev–Trinajstić information content (AvgIpc) is 2.16. The van der Waals surface area contributed by atoms with Crippen LogP contribution in [0.2, 0.25) is 0 Å². The maximum atomic E-state index is 5.71. The zero-order chi connectivity index (χ0) is 12.1. The maximum absolute atomic E-state index is 5.71. The third-order valence-corrected chi connectivity index (χ3v) is 2.06. The Bertz CT molecular complexity index is 340. The van der Waals surface area contributed by atoms with Gasteiger partial charge in [-0.05, 0) is 32.9 Å². The summed E-state index contributed by atoms with van der Waals surface area (Å²) in [7, 11) is 1.61. The summed E-state index contributed by atoms with van der Waals surface area (Å²) in [5, 5.41) is 3.24. The molecule has 3 N–H and O–H groups in total. The summed E-state index contributed by atoms with van der Waals surface area (Å²) in [5.74, 6) is 1.34. The molecule has 1 rings (SSSR count). The topological polar surface area (TPSA) is 56.5 Å². The first kappa shape index (κ1) is 12.6. The number of anilines is 1. The highest BCUT2D eigenvalue weighted by molar-refractivity contribution is 5.51. The van der Waals surface area contributed by atoms with Crippen molar-refractivity contribution >= 4 is 5.69 Å². The van der Waals surface area contributed by atoms with Gasteiger partial charge in [0.05, 0.1) is 7.11 Å². The van der Waals surface area contributed by atoms with Crippen molar-refractivity contribution in [1.29, 1.82) is 0 Å². The minimum absolute atomic E-state index is 0.0873. The molecule has 1 unspecified atom stereocenters. The van der Waals surface area contributed by atoms with E-state index in [0.717, 1.165) is 0 Å². The minimum atomic E-state index is -0.0873. The predicted octanol–water partition coefficient (Wildman–Crippen LogP) is 2.00. The van der Waals surface area contributed by atoms with Crippen LogP contribution in [0.5, 0.6) is 11.5 Å². The molecule has 1 aromatic carbocycles. The van der Waals surface area contributed by atoms with Crippen LogP contribution in [-0.4, -0.2) is 19.4 Å². The summed E-state index contributed by atoms with van der Waals surface area (Å²) >= 11 is 0. The molecule has 0 aromatic heterocycles. The molecule has 0 saturated heterocycles. The number of hydrogen-bond donors (Lipinski definition) is 2. The van der Waals surface area contributed by atoms with Gasteiger partial charge in [0, 0.05) is 17.8 Å². The van der Waals surface area contributed by atoms with Gasteiger partial charge in [0.2, 0.25) is 0 Å². The van der Waals surface area contributed by atoms with E-state index in [1.165, 1.54) is 0 Å². The Balaban J connectivity index is 2.74. The Morgan fingerprint density at radius 3 is 2.44 bits per heavy atom. The molecule has 16 heavy (non-hydrogen) atoms. The summed E-state index contributed by atoms with van der Waals surface area (Å²) in [5.41, 5.74) is 6.36. The van der Waals surface area contributed by atoms with Gasteiger partial charge in [-0.2, -0.15) is 0 Å². The summed E-state index contributed by atoms with van der Waals surface area (Å²) in [6.45, 7) is 6.08. The summed E-state index contributed by atoms with van der Waals surface area (Å²) in [6.07, 6.45) is -0.0873. The van der Waals surface area contributed by atoms with E-state index in [1.807, 2.05) is 6.92 Å². The molecule has 4 nitrogen and oxygen atoms in total. The fourth-order valence-electron chi connectivity index (χ4n) is 1.48. The highest BCUT2D eigenvalue weighted by Crippen LogP contribution is 2.29. The average molecular weight is 224 g/mol. The fraction of sp³-hybridized carbons (Fsp3) is 0.500. The quantitative estimate of drug-likeness (QED) is 0.593. The van der Waals surface area contributed by atoms with Crippen LogP contribution in [0, 0.1) is 0 Å². The molecular formula is C12H20N2O2. The normalized spacial score (nSPS) is 12.6. The molecule has 0 aliphatic carbocycles. The van der Waals surface area contributed by atoms with Gasteiger partial charge >= 0.3 is 0 Å². The van der Waals surface area contributed by atoms with Crippen LogP contribution in [0.15, 0.2) is 18.2 Å². The van der Waals surface area contributed by atoms with E-state index in [0.29, 0.717) is 23.2 Å². The number of ether oxygens (including phenoxy) is 2. The van der Waals surface area contributed by atoms with Crippen molar-refractivity contribution in [2.24, 2.45) is 0 Å². The smallest absolute Gasteiger partial charge is 0.165 e. The third kappa shape index (κ3) is 3.62. The van der Waals surface area contributed by atoms with Crippen LogP contribution in [-0.2, 0) is 0 Å². The molecule has 0 fully saturated rings. The number of hydrogen-bond acceptors (Lipinski definition) is 4. The van der Waals surface area contributed by atoms with E-state index < -0.39 is 0 Å². The lowest BCUT2D eigenvalue weighted by Gasteiger charge is -2.20. The molecule has 1 atom stereocenters. The first-order valence-corrected chi connectivity index (χ1v) is 5.39. The van der Waals surface area contributed by atoms with Crippen molar-refractivity contribution in [2.45, 2.75) is 33.0 Å². The van der Waals surface area contributed by atoms with E-state index in [1.54, 1.807) is 25.3 Å². The molecule has 0 aliphatic heterocycles. The predicted molar refractivity (Wildman–Crippen MR) is 65.8 cm³/mol. The van der Waals surface area contributed by atoms with Crippen LogP contribution < -0.4 is 20.5 Å². The van der Waals surface area contributed by atoms with Crippen LogP contribution >= 0.6 is 0 Å². The first-order valence-electron chi connectivity index (χ1n) is 5.39. The van der Waals surface area contributed by atoms with Gasteiger partial charge in [-0.1, -0.05) is 0 Å². The third-order valence-electron chi connectivity index (χ3n) is 2.06. The van der Waals surface area contributed by atoms with Gasteiger partial charge in [0.15, 0.2) is 11.5 Å². The second kappa shape index (κ2) is 5.61. The molecule has 0 amide bonds. The molecule has 0 aliphatic rings. The largest absolute Gasteiger partial charge is 0.493 e. The Hall–Kier alpha value is -1.42. The molecule has 0 spiro atoms. The van der Waals surface area contributed by atoms with E-state index in [2.05, 4.69) is 19.2 Å². The number of nitrogen functional groups attached to an aromatic ring is 1. The lowest BCUT2D eigenvalue weighted by atomic mass is 10.3. The molecule has 0 radical (unpaired) electrons. The van der Waals surface area contributed by atoms with Crippen LogP contribution in [0.25, 0.3) is 0 Å². The molecular weight excluding hydrogens is 204 g/mol. The number of nitrogens with one attached hydrogen (secondary N) is 1. The van der Waals surface area contributed by atoms with Crippen LogP contribution in [0.1, 0.15) is 20.8 Å². The van der Waals surface area contributed by atoms with Crippen molar-refractivity contribution in [1.82, 2.24) is 5.32 Å². The fourth-order valence-corrected chi connectivity index (χ4v) is 1.48. The molecule has 1 aromatic rings. The Morgan fingerprint density at radius 1 is 1.19 bits per heavy atom. The summed E-state index contributed by atoms with van der Waals surface area (Å²) in [4.78, 5) is 0. The van der Waals surface area contributed by atoms with Crippen LogP contribution in [0.4, 0.5) is 5.69 Å². The maximum Gasteiger partial charge on any atom is 0.165 e. The lowest BCUT2D eigenvalue weighted by Crippen LogP contribution is -2.36. The van der Waals surface area contributed by atoms with Gasteiger partial charge in [0.1, 0.15) is 6.23 Å². The molecule has 4 heteroatoms. The standard InChI is InChI=1S/C12H20N2O2/c1-8(2)14-9(3)16-12-7-10(13)5-6-11(12)15-4/h5-9,14H,13H2,1-4H3. The number of methoxy groups -OCH3 is 1. The highest BCUT2D eigenvalue weighted by Gasteiger charge is 2.09. The zero-order valence-corrected chi connectivity index (χ0v) is 10.3. The number of rotatable bonds is 5. The Morgan fingerprint density at radius 2 is 1.88 bits per heavy atom. The van der Waals surface area contributed by atoms with Crippen LogP contribution in [0.3, 0.4) is 0 Å². The van der Waals surface area contributed by atoms with Crippen molar-refractivity contribution in [3.8, 4) is 11.5 Å². The first-order chi connectivity index (χ1) is 7.52. The van der Waals surface area contributed by atoms with Crippen molar-refractivity contribution in [3.63, 3.8) is 0 Å². The molecule has 90 valence electrons. The zero-order valence-electron chi connectivity index (χ0n) is 10.3.